The van der Waals surface area contributed by atoms with Crippen LogP contribution >= 0.6 is 11.3 Å². The zero-order valence-electron chi connectivity index (χ0n) is 19.9. The largest absolute Gasteiger partial charge is 0.497 e. The van der Waals surface area contributed by atoms with Gasteiger partial charge in [0.1, 0.15) is 11.5 Å². The van der Waals surface area contributed by atoms with Crippen LogP contribution in [0.1, 0.15) is 31.0 Å². The number of ether oxygens (including phenoxy) is 3. The minimum Gasteiger partial charge on any atom is -0.497 e. The molecule has 0 amide bonds. The number of hydrogen-bond acceptors (Lipinski definition) is 8. The molecule has 1 aromatic heterocycles. The molecule has 0 unspecified atom stereocenters. The van der Waals surface area contributed by atoms with E-state index in [4.69, 9.17) is 19.3 Å². The van der Waals surface area contributed by atoms with Crippen molar-refractivity contribution in [3.63, 3.8) is 0 Å². The summed E-state index contributed by atoms with van der Waals surface area (Å²) < 4.78 is 17.7. The van der Waals surface area contributed by atoms with Crippen LogP contribution in [0.15, 0.2) is 69.6 Å². The van der Waals surface area contributed by atoms with Gasteiger partial charge in [-0.15, -0.1) is 0 Å². The van der Waals surface area contributed by atoms with Gasteiger partial charge in [0.2, 0.25) is 0 Å². The third-order valence-corrected chi connectivity index (χ3v) is 6.45. The molecule has 0 saturated heterocycles. The van der Waals surface area contributed by atoms with Crippen LogP contribution in [-0.2, 0) is 14.3 Å². The Balaban J connectivity index is 1.85. The van der Waals surface area contributed by atoms with Crippen molar-refractivity contribution in [2.45, 2.75) is 19.9 Å². The number of benzene rings is 2. The Morgan fingerprint density at radius 3 is 2.58 bits per heavy atom. The highest BCUT2D eigenvalue weighted by Crippen LogP contribution is 2.31. The fraction of sp³-hybridized carbons (Fsp3) is 0.231. The second-order valence-corrected chi connectivity index (χ2v) is 8.84. The number of thiazole rings is 1. The molecule has 3 aromatic rings. The van der Waals surface area contributed by atoms with Crippen molar-refractivity contribution in [1.29, 1.82) is 0 Å². The zero-order chi connectivity index (χ0) is 25.8. The van der Waals surface area contributed by atoms with Gasteiger partial charge in [-0.05, 0) is 55.3 Å². The predicted molar refractivity (Wildman–Crippen MR) is 133 cm³/mol. The maximum absolute atomic E-state index is 13.6. The zero-order valence-corrected chi connectivity index (χ0v) is 20.7. The third kappa shape index (κ3) is 5.08. The summed E-state index contributed by atoms with van der Waals surface area (Å²) in [6, 6.07) is 13.2. The molecule has 0 aliphatic carbocycles. The van der Waals surface area contributed by atoms with Crippen LogP contribution in [0.5, 0.6) is 11.5 Å². The Kier molecular flexibility index (Phi) is 7.35. The van der Waals surface area contributed by atoms with E-state index in [2.05, 4.69) is 4.99 Å². The lowest BCUT2D eigenvalue weighted by Crippen LogP contribution is -2.39. The van der Waals surface area contributed by atoms with Crippen molar-refractivity contribution in [1.82, 2.24) is 4.57 Å². The predicted octanol–water partition coefficient (Wildman–Crippen LogP) is 2.27. The summed E-state index contributed by atoms with van der Waals surface area (Å²) in [5, 5.41) is 8.84. The Hall–Kier alpha value is -4.18. The van der Waals surface area contributed by atoms with E-state index in [0.717, 1.165) is 0 Å². The van der Waals surface area contributed by atoms with E-state index < -0.39 is 24.6 Å². The smallest absolute Gasteiger partial charge is 0.341 e. The molecular weight excluding hydrogens is 484 g/mol. The molecule has 9 nitrogen and oxygen atoms in total. The van der Waals surface area contributed by atoms with E-state index in [1.165, 1.54) is 15.9 Å². The molecule has 36 heavy (non-hydrogen) atoms. The van der Waals surface area contributed by atoms with Crippen LogP contribution in [-0.4, -0.2) is 41.9 Å². The summed E-state index contributed by atoms with van der Waals surface area (Å²) in [6.45, 7) is 3.17. The minimum atomic E-state index is -1.08. The van der Waals surface area contributed by atoms with Crippen LogP contribution in [0.4, 0.5) is 0 Å². The lowest BCUT2D eigenvalue weighted by atomic mass is 9.96. The van der Waals surface area contributed by atoms with Crippen molar-refractivity contribution >= 4 is 29.4 Å². The van der Waals surface area contributed by atoms with E-state index >= 15 is 0 Å². The molecule has 0 radical (unpaired) electrons. The molecule has 0 fully saturated rings. The average molecular weight is 509 g/mol. The summed E-state index contributed by atoms with van der Waals surface area (Å²) in [5.41, 5.74) is 1.83. The number of hydrogen-bond donors (Lipinski definition) is 1. The topological polar surface area (TPSA) is 116 Å². The monoisotopic (exact) mass is 508 g/mol. The highest BCUT2D eigenvalue weighted by molar-refractivity contribution is 7.07. The standard InChI is InChI=1S/C26H24N2O7S/c1-4-34-25(32)22-15(2)27-26-28(23(22)17-8-10-18(33-3)11-9-17)24(31)20(36-26)13-16-6-5-7-19(12-16)35-14-21(29)30/h5-13,23H,4,14H2,1-3H3,(H,29,30)/b20-13-/t23-/m1/s1. The van der Waals surface area contributed by atoms with Crippen molar-refractivity contribution in [2.75, 3.05) is 20.3 Å². The fourth-order valence-corrected chi connectivity index (χ4v) is 4.93. The molecule has 1 aliphatic heterocycles. The molecule has 186 valence electrons. The van der Waals surface area contributed by atoms with E-state index in [1.54, 1.807) is 63.4 Å². The summed E-state index contributed by atoms with van der Waals surface area (Å²) in [5.74, 6) is -0.595. The van der Waals surface area contributed by atoms with Gasteiger partial charge >= 0.3 is 11.9 Å². The quantitative estimate of drug-likeness (QED) is 0.464. The Morgan fingerprint density at radius 1 is 1.17 bits per heavy atom. The Labute approximate surface area is 210 Å². The molecule has 1 aliphatic rings. The van der Waals surface area contributed by atoms with Crippen LogP contribution in [0.25, 0.3) is 6.08 Å². The number of allylic oxidation sites excluding steroid dienone is 1. The minimum absolute atomic E-state index is 0.190. The summed E-state index contributed by atoms with van der Waals surface area (Å²) in [4.78, 5) is 42.4. The number of esters is 1. The summed E-state index contributed by atoms with van der Waals surface area (Å²) >= 11 is 1.20. The first-order chi connectivity index (χ1) is 17.3. The van der Waals surface area contributed by atoms with E-state index in [-0.39, 0.29) is 12.2 Å². The van der Waals surface area contributed by atoms with Gasteiger partial charge in [-0.25, -0.2) is 14.6 Å². The molecule has 4 rings (SSSR count). The second-order valence-electron chi connectivity index (χ2n) is 7.83. The maximum Gasteiger partial charge on any atom is 0.341 e. The highest BCUT2D eigenvalue weighted by atomic mass is 32.1. The molecule has 2 aromatic carbocycles. The number of aliphatic carboxylic acids is 1. The van der Waals surface area contributed by atoms with E-state index in [1.807, 2.05) is 12.1 Å². The molecular formula is C26H24N2O7S. The molecule has 0 bridgehead atoms. The van der Waals surface area contributed by atoms with Gasteiger partial charge in [0.15, 0.2) is 11.4 Å². The van der Waals surface area contributed by atoms with Gasteiger partial charge in [0, 0.05) is 0 Å². The number of carboxylic acid groups (broad SMARTS) is 1. The van der Waals surface area contributed by atoms with Gasteiger partial charge < -0.3 is 19.3 Å². The molecule has 10 heteroatoms. The van der Waals surface area contributed by atoms with Gasteiger partial charge in [-0.1, -0.05) is 35.6 Å². The third-order valence-electron chi connectivity index (χ3n) is 5.47. The van der Waals surface area contributed by atoms with Crippen LogP contribution in [0, 0.1) is 0 Å². The fourth-order valence-electron chi connectivity index (χ4n) is 3.88. The van der Waals surface area contributed by atoms with Crippen LogP contribution < -0.4 is 24.4 Å². The van der Waals surface area contributed by atoms with Crippen molar-refractivity contribution in [3.8, 4) is 11.5 Å². The van der Waals surface area contributed by atoms with Gasteiger partial charge in [-0.3, -0.25) is 9.36 Å². The number of rotatable bonds is 8. The number of methoxy groups -OCH3 is 1. The van der Waals surface area contributed by atoms with E-state index in [0.29, 0.717) is 43.2 Å². The molecule has 0 saturated carbocycles. The average Bonchev–Trinajstić information content (AvgIpc) is 3.16. The number of fused-ring (bicyclic) bond motifs is 1. The Morgan fingerprint density at radius 2 is 1.92 bits per heavy atom. The van der Waals surface area contributed by atoms with E-state index in [9.17, 15) is 14.4 Å². The number of aromatic nitrogens is 1. The first kappa shape index (κ1) is 24.9. The molecule has 1 atom stereocenters. The van der Waals surface area contributed by atoms with Gasteiger partial charge in [0.25, 0.3) is 5.56 Å². The van der Waals surface area contributed by atoms with Gasteiger partial charge in [-0.2, -0.15) is 0 Å². The van der Waals surface area contributed by atoms with Gasteiger partial charge in [0.05, 0.1) is 35.6 Å². The molecule has 1 N–H and O–H groups in total. The summed E-state index contributed by atoms with van der Waals surface area (Å²) in [7, 11) is 1.56. The number of carbonyl (C=O) groups excluding carboxylic acids is 1. The second kappa shape index (κ2) is 10.6. The van der Waals surface area contributed by atoms with Crippen LogP contribution in [0.3, 0.4) is 0 Å². The first-order valence-electron chi connectivity index (χ1n) is 11.1. The summed E-state index contributed by atoms with van der Waals surface area (Å²) in [6.07, 6.45) is 1.69. The number of nitrogens with zero attached hydrogens (tertiary/aromatic N) is 2. The first-order valence-corrected chi connectivity index (χ1v) is 11.9. The molecule has 0 spiro atoms. The van der Waals surface area contributed by atoms with Crippen molar-refractivity contribution in [2.24, 2.45) is 4.99 Å². The lowest BCUT2D eigenvalue weighted by Gasteiger charge is -2.24. The normalized spacial score (nSPS) is 15.2. The molecule has 2 heterocycles. The highest BCUT2D eigenvalue weighted by Gasteiger charge is 2.33. The van der Waals surface area contributed by atoms with Crippen molar-refractivity contribution < 1.29 is 28.9 Å². The maximum atomic E-state index is 13.6. The number of carboxylic acids is 1. The lowest BCUT2D eigenvalue weighted by molar-refractivity contribution is -0.140. The van der Waals surface area contributed by atoms with Crippen molar-refractivity contribution in [3.05, 3.63) is 90.6 Å². The number of carbonyl (C=O) groups is 2. The van der Waals surface area contributed by atoms with Crippen LogP contribution in [0.2, 0.25) is 0 Å². The Bertz CT molecular complexity index is 1520. The SMILES string of the molecule is CCOC(=O)C1=C(C)N=c2s/c(=C\c3cccc(OCC(=O)O)c3)c(=O)n2[C@@H]1c1ccc(OC)cc1.